The average Bonchev–Trinajstić information content (AvgIpc) is 3.11. The summed E-state index contributed by atoms with van der Waals surface area (Å²) in [5, 5.41) is 15.0. The van der Waals surface area contributed by atoms with E-state index in [1.807, 2.05) is 30.7 Å². The molecule has 3 rings (SSSR count). The van der Waals surface area contributed by atoms with Crippen LogP contribution in [0.15, 0.2) is 29.3 Å². The first-order valence-electron chi connectivity index (χ1n) is 10.5. The van der Waals surface area contributed by atoms with Gasteiger partial charge in [0.1, 0.15) is 18.2 Å². The predicted octanol–water partition coefficient (Wildman–Crippen LogP) is 1.64. The van der Waals surface area contributed by atoms with Crippen LogP contribution in [0.1, 0.15) is 23.3 Å². The van der Waals surface area contributed by atoms with Gasteiger partial charge in [0.25, 0.3) is 0 Å². The van der Waals surface area contributed by atoms with Crippen LogP contribution in [0.5, 0.6) is 0 Å². The Hall–Kier alpha value is -1.83. The number of hydrogen-bond acceptors (Lipinski definition) is 6. The Bertz CT molecular complexity index is 841. The predicted molar refractivity (Wildman–Crippen MR) is 132 cm³/mol. The third-order valence-corrected chi connectivity index (χ3v) is 5.36. The summed E-state index contributed by atoms with van der Waals surface area (Å²) in [6, 6.07) is 6.76. The van der Waals surface area contributed by atoms with Crippen LogP contribution >= 0.6 is 24.0 Å². The lowest BCUT2D eigenvalue weighted by Gasteiger charge is -2.35. The maximum absolute atomic E-state index is 13.5. The molecule has 0 amide bonds. The SMILES string of the molecule is COCCNC(=NCc1nnc(C)n1C)NCC(c1ccc(F)cc1)N1CCOCC1.I. The van der Waals surface area contributed by atoms with Crippen molar-refractivity contribution in [1.82, 2.24) is 30.3 Å². The van der Waals surface area contributed by atoms with Crippen LogP contribution < -0.4 is 10.6 Å². The summed E-state index contributed by atoms with van der Waals surface area (Å²) in [4.78, 5) is 7.03. The van der Waals surface area contributed by atoms with E-state index < -0.39 is 0 Å². The monoisotopic (exact) mass is 561 g/mol. The summed E-state index contributed by atoms with van der Waals surface area (Å²) in [5.41, 5.74) is 1.05. The molecule has 0 bridgehead atoms. The molecule has 1 aliphatic heterocycles. The topological polar surface area (TPSA) is 88.8 Å². The molecule has 1 fully saturated rings. The fourth-order valence-corrected chi connectivity index (χ4v) is 3.41. The molecule has 0 radical (unpaired) electrons. The maximum atomic E-state index is 13.5. The van der Waals surface area contributed by atoms with Crippen LogP contribution in [-0.2, 0) is 23.1 Å². The number of guanidine groups is 1. The van der Waals surface area contributed by atoms with Crippen LogP contribution in [0.3, 0.4) is 0 Å². The second-order valence-corrected chi connectivity index (χ2v) is 7.40. The Morgan fingerprint density at radius 3 is 2.56 bits per heavy atom. The van der Waals surface area contributed by atoms with Crippen molar-refractivity contribution in [1.29, 1.82) is 0 Å². The average molecular weight is 561 g/mol. The van der Waals surface area contributed by atoms with Crippen molar-refractivity contribution in [3.05, 3.63) is 47.3 Å². The van der Waals surface area contributed by atoms with Gasteiger partial charge in [-0.3, -0.25) is 4.90 Å². The standard InChI is InChI=1S/C21H32FN7O2.HI/c1-16-26-27-20(28(16)2)15-25-21(23-8-11-30-3)24-14-19(29-9-12-31-13-10-29)17-4-6-18(22)7-5-17;/h4-7,19H,8-15H2,1-3H3,(H2,23,24,25);1H. The Labute approximate surface area is 205 Å². The zero-order valence-electron chi connectivity index (χ0n) is 18.9. The van der Waals surface area contributed by atoms with Crippen molar-refractivity contribution in [3.8, 4) is 0 Å². The van der Waals surface area contributed by atoms with Crippen LogP contribution in [-0.4, -0.2) is 78.7 Å². The van der Waals surface area contributed by atoms with E-state index in [1.165, 1.54) is 12.1 Å². The molecule has 2 heterocycles. The van der Waals surface area contributed by atoms with Crippen molar-refractivity contribution >= 4 is 29.9 Å². The van der Waals surface area contributed by atoms with Gasteiger partial charge in [0, 0.05) is 40.3 Å². The first kappa shape index (κ1) is 26.4. The third kappa shape index (κ3) is 7.64. The van der Waals surface area contributed by atoms with Gasteiger partial charge in [-0.15, -0.1) is 34.2 Å². The summed E-state index contributed by atoms with van der Waals surface area (Å²) in [6.45, 7) is 7.14. The number of hydrogen-bond donors (Lipinski definition) is 2. The lowest BCUT2D eigenvalue weighted by molar-refractivity contribution is 0.0170. The zero-order chi connectivity index (χ0) is 22.1. The van der Waals surface area contributed by atoms with E-state index >= 15 is 0 Å². The number of ether oxygens (including phenoxy) is 2. The fraction of sp³-hybridized carbons (Fsp3) is 0.571. The van der Waals surface area contributed by atoms with Crippen molar-refractivity contribution in [2.75, 3.05) is 53.1 Å². The molecule has 1 saturated heterocycles. The Morgan fingerprint density at radius 2 is 1.94 bits per heavy atom. The van der Waals surface area contributed by atoms with Crippen LogP contribution in [0.2, 0.25) is 0 Å². The molecule has 2 N–H and O–H groups in total. The van der Waals surface area contributed by atoms with Gasteiger partial charge in [-0.2, -0.15) is 0 Å². The smallest absolute Gasteiger partial charge is 0.191 e. The van der Waals surface area contributed by atoms with Crippen LogP contribution in [0.25, 0.3) is 0 Å². The van der Waals surface area contributed by atoms with Gasteiger partial charge < -0.3 is 24.7 Å². The van der Waals surface area contributed by atoms with E-state index in [9.17, 15) is 4.39 Å². The van der Waals surface area contributed by atoms with Gasteiger partial charge in [0.05, 0.1) is 25.9 Å². The molecule has 2 aromatic rings. The number of nitrogens with zero attached hydrogens (tertiary/aromatic N) is 5. The zero-order valence-corrected chi connectivity index (χ0v) is 21.2. The molecule has 1 aromatic heterocycles. The quantitative estimate of drug-likeness (QED) is 0.208. The molecular formula is C21H33FIN7O2. The van der Waals surface area contributed by atoms with Crippen molar-refractivity contribution in [2.45, 2.75) is 19.5 Å². The number of rotatable bonds is 9. The van der Waals surface area contributed by atoms with E-state index in [0.29, 0.717) is 45.4 Å². The normalized spacial score (nSPS) is 15.8. The highest BCUT2D eigenvalue weighted by atomic mass is 127. The maximum Gasteiger partial charge on any atom is 0.191 e. The van der Waals surface area contributed by atoms with Gasteiger partial charge in [-0.25, -0.2) is 9.38 Å². The van der Waals surface area contributed by atoms with E-state index in [0.717, 1.165) is 30.3 Å². The van der Waals surface area contributed by atoms with Crippen molar-refractivity contribution < 1.29 is 13.9 Å². The highest BCUT2D eigenvalue weighted by molar-refractivity contribution is 14.0. The highest BCUT2D eigenvalue weighted by Crippen LogP contribution is 2.21. The highest BCUT2D eigenvalue weighted by Gasteiger charge is 2.23. The number of aryl methyl sites for hydroxylation is 1. The van der Waals surface area contributed by atoms with Gasteiger partial charge in [0.2, 0.25) is 0 Å². The number of aliphatic imine (C=N–C) groups is 1. The molecule has 0 aliphatic carbocycles. The molecule has 0 saturated carbocycles. The number of aromatic nitrogens is 3. The van der Waals surface area contributed by atoms with Crippen LogP contribution in [0, 0.1) is 12.7 Å². The van der Waals surface area contributed by atoms with Gasteiger partial charge in [-0.05, 0) is 24.6 Å². The lowest BCUT2D eigenvalue weighted by Crippen LogP contribution is -2.46. The summed E-state index contributed by atoms with van der Waals surface area (Å²) in [6.07, 6.45) is 0. The summed E-state index contributed by atoms with van der Waals surface area (Å²) in [5.74, 6) is 2.06. The number of nitrogens with one attached hydrogen (secondary N) is 2. The van der Waals surface area contributed by atoms with Crippen LogP contribution in [0.4, 0.5) is 4.39 Å². The second-order valence-electron chi connectivity index (χ2n) is 7.40. The number of halogens is 2. The van der Waals surface area contributed by atoms with Crippen molar-refractivity contribution in [2.24, 2.45) is 12.0 Å². The van der Waals surface area contributed by atoms with E-state index in [2.05, 4.69) is 30.7 Å². The van der Waals surface area contributed by atoms with E-state index in [-0.39, 0.29) is 35.8 Å². The molecule has 1 atom stereocenters. The second kappa shape index (κ2) is 13.7. The minimum absolute atomic E-state index is 0. The molecule has 11 heteroatoms. The molecule has 1 aromatic carbocycles. The largest absolute Gasteiger partial charge is 0.383 e. The summed E-state index contributed by atoms with van der Waals surface area (Å²) >= 11 is 0. The number of morpholine rings is 1. The van der Waals surface area contributed by atoms with Crippen molar-refractivity contribution in [3.63, 3.8) is 0 Å². The summed E-state index contributed by atoms with van der Waals surface area (Å²) < 4.78 is 26.1. The molecule has 178 valence electrons. The molecule has 0 spiro atoms. The van der Waals surface area contributed by atoms with Gasteiger partial charge in [-0.1, -0.05) is 12.1 Å². The molecule has 1 unspecified atom stereocenters. The molecular weight excluding hydrogens is 528 g/mol. The van der Waals surface area contributed by atoms with Gasteiger partial charge >= 0.3 is 0 Å². The fourth-order valence-electron chi connectivity index (χ4n) is 3.41. The minimum atomic E-state index is -0.236. The Kier molecular flexibility index (Phi) is 11.3. The summed E-state index contributed by atoms with van der Waals surface area (Å²) in [7, 11) is 3.59. The van der Waals surface area contributed by atoms with Gasteiger partial charge in [0.15, 0.2) is 11.8 Å². The Balaban J connectivity index is 0.00000363. The number of benzene rings is 1. The number of methoxy groups -OCH3 is 1. The van der Waals surface area contributed by atoms with E-state index in [1.54, 1.807) is 7.11 Å². The third-order valence-electron chi connectivity index (χ3n) is 5.36. The minimum Gasteiger partial charge on any atom is -0.383 e. The first-order chi connectivity index (χ1) is 15.1. The molecule has 1 aliphatic rings. The van der Waals surface area contributed by atoms with E-state index in [4.69, 9.17) is 9.47 Å². The Morgan fingerprint density at radius 1 is 1.22 bits per heavy atom. The molecule has 9 nitrogen and oxygen atoms in total. The molecule has 32 heavy (non-hydrogen) atoms. The lowest BCUT2D eigenvalue weighted by atomic mass is 10.0. The first-order valence-corrected chi connectivity index (χ1v) is 10.5.